The summed E-state index contributed by atoms with van der Waals surface area (Å²) in [5.74, 6) is 0.190. The number of hydrogen-bond donors (Lipinski definition) is 0. The second kappa shape index (κ2) is 7.04. The Balaban J connectivity index is 1.96. The number of rotatable bonds is 5. The maximum absolute atomic E-state index is 13.2. The van der Waals surface area contributed by atoms with Crippen LogP contribution in [-0.4, -0.2) is 11.5 Å². The number of carbonyl (C=O) groups is 1. The van der Waals surface area contributed by atoms with E-state index in [0.29, 0.717) is 5.75 Å². The fourth-order valence-corrected chi connectivity index (χ4v) is 3.24. The van der Waals surface area contributed by atoms with Gasteiger partial charge in [-0.2, -0.15) is 0 Å². The number of aryl methyl sites for hydroxylation is 1. The lowest BCUT2D eigenvalue weighted by Crippen LogP contribution is -2.07. The molecule has 0 aliphatic rings. The largest absolute Gasteiger partial charge is 0.298 e. The van der Waals surface area contributed by atoms with Crippen molar-refractivity contribution in [3.05, 3.63) is 63.9 Å². The second-order valence-corrected chi connectivity index (χ2v) is 6.38. The lowest BCUT2D eigenvalue weighted by atomic mass is 10.0. The van der Waals surface area contributed by atoms with Crippen molar-refractivity contribution in [2.75, 3.05) is 5.75 Å². The fraction of sp³-hybridized carbons (Fsp3) is 0.188. The van der Waals surface area contributed by atoms with Crippen LogP contribution in [0.4, 0.5) is 4.39 Å². The minimum Gasteiger partial charge on any atom is -0.298 e. The molecule has 0 aliphatic heterocycles. The van der Waals surface area contributed by atoms with E-state index in [2.05, 4.69) is 15.9 Å². The molecule has 0 radical (unpaired) electrons. The number of hydrogen-bond acceptors (Lipinski definition) is 2. The molecule has 0 heterocycles. The number of thioether (sulfide) groups is 1. The fourth-order valence-electron chi connectivity index (χ4n) is 1.81. The van der Waals surface area contributed by atoms with Crippen LogP contribution in [0.3, 0.4) is 0 Å². The van der Waals surface area contributed by atoms with Crippen molar-refractivity contribution in [3.8, 4) is 0 Å². The molecule has 0 fully saturated rings. The molecule has 0 amide bonds. The molecule has 20 heavy (non-hydrogen) atoms. The monoisotopic (exact) mass is 352 g/mol. The molecule has 0 bridgehead atoms. The van der Waals surface area contributed by atoms with E-state index >= 15 is 0 Å². The van der Waals surface area contributed by atoms with Gasteiger partial charge in [-0.1, -0.05) is 18.2 Å². The molecule has 104 valence electrons. The van der Waals surface area contributed by atoms with Crippen LogP contribution < -0.4 is 0 Å². The van der Waals surface area contributed by atoms with Crippen molar-refractivity contribution in [2.45, 2.75) is 18.2 Å². The third-order valence-electron chi connectivity index (χ3n) is 2.92. The van der Waals surface area contributed by atoms with Crippen LogP contribution in [-0.2, 0) is 11.2 Å². The highest BCUT2D eigenvalue weighted by atomic mass is 79.9. The summed E-state index contributed by atoms with van der Waals surface area (Å²) >= 11 is 4.95. The zero-order valence-corrected chi connectivity index (χ0v) is 13.4. The molecule has 0 saturated carbocycles. The molecule has 0 N–H and O–H groups in total. The first kappa shape index (κ1) is 15.3. The van der Waals surface area contributed by atoms with Crippen LogP contribution >= 0.6 is 27.7 Å². The Morgan fingerprint density at radius 3 is 2.75 bits per heavy atom. The molecule has 0 aromatic heterocycles. The molecule has 2 rings (SSSR count). The van der Waals surface area contributed by atoms with Crippen molar-refractivity contribution in [3.63, 3.8) is 0 Å². The summed E-state index contributed by atoms with van der Waals surface area (Å²) in [4.78, 5) is 13.0. The van der Waals surface area contributed by atoms with E-state index in [1.165, 1.54) is 23.9 Å². The lowest BCUT2D eigenvalue weighted by molar-refractivity contribution is -0.116. The van der Waals surface area contributed by atoms with Crippen LogP contribution in [0.2, 0.25) is 0 Å². The highest BCUT2D eigenvalue weighted by Gasteiger charge is 2.09. The third-order valence-corrected chi connectivity index (χ3v) is 5.01. The smallest absolute Gasteiger partial charge is 0.147 e. The van der Waals surface area contributed by atoms with E-state index in [9.17, 15) is 9.18 Å². The van der Waals surface area contributed by atoms with E-state index in [4.69, 9.17) is 0 Å². The normalized spacial score (nSPS) is 10.6. The SMILES string of the molecule is Cc1ccc(F)cc1CC(=O)CSc1ccccc1Br. The van der Waals surface area contributed by atoms with Gasteiger partial charge in [-0.3, -0.25) is 4.79 Å². The molecule has 2 aromatic carbocycles. The number of carbonyl (C=O) groups excluding carboxylic acids is 1. The Hall–Kier alpha value is -1.13. The van der Waals surface area contributed by atoms with Gasteiger partial charge in [0.1, 0.15) is 11.6 Å². The molecule has 0 atom stereocenters. The van der Waals surface area contributed by atoms with Crippen LogP contribution in [0.5, 0.6) is 0 Å². The first-order valence-corrected chi connectivity index (χ1v) is 7.98. The molecule has 1 nitrogen and oxygen atoms in total. The summed E-state index contributed by atoms with van der Waals surface area (Å²) in [7, 11) is 0. The average Bonchev–Trinajstić information content (AvgIpc) is 2.42. The van der Waals surface area contributed by atoms with E-state index in [1.54, 1.807) is 6.07 Å². The van der Waals surface area contributed by atoms with E-state index in [0.717, 1.165) is 20.5 Å². The molecule has 0 aliphatic carbocycles. The minimum atomic E-state index is -0.295. The number of ketones is 1. The Morgan fingerprint density at radius 2 is 2.00 bits per heavy atom. The van der Waals surface area contributed by atoms with Gasteiger partial charge in [0.2, 0.25) is 0 Å². The highest BCUT2D eigenvalue weighted by Crippen LogP contribution is 2.27. The van der Waals surface area contributed by atoms with Gasteiger partial charge in [0.15, 0.2) is 0 Å². The van der Waals surface area contributed by atoms with Gasteiger partial charge in [-0.05, 0) is 58.2 Å². The Bertz CT molecular complexity index is 628. The van der Waals surface area contributed by atoms with Crippen LogP contribution in [0.15, 0.2) is 51.8 Å². The van der Waals surface area contributed by atoms with E-state index in [-0.39, 0.29) is 18.0 Å². The number of halogens is 2. The predicted molar refractivity (Wildman–Crippen MR) is 84.7 cm³/mol. The highest BCUT2D eigenvalue weighted by molar-refractivity contribution is 9.10. The summed E-state index contributed by atoms with van der Waals surface area (Å²) < 4.78 is 14.2. The Morgan fingerprint density at radius 1 is 1.25 bits per heavy atom. The van der Waals surface area contributed by atoms with Crippen molar-refractivity contribution in [1.29, 1.82) is 0 Å². The summed E-state index contributed by atoms with van der Waals surface area (Å²) in [5, 5.41) is 0. The predicted octanol–water partition coefficient (Wildman–Crippen LogP) is 4.80. The Kier molecular flexibility index (Phi) is 5.38. The van der Waals surface area contributed by atoms with Crippen molar-refractivity contribution in [1.82, 2.24) is 0 Å². The summed E-state index contributed by atoms with van der Waals surface area (Å²) in [6.07, 6.45) is 0.279. The second-order valence-electron chi connectivity index (χ2n) is 4.51. The van der Waals surface area contributed by atoms with Gasteiger partial charge < -0.3 is 0 Å². The summed E-state index contributed by atoms with van der Waals surface area (Å²) in [6.45, 7) is 1.89. The average molecular weight is 353 g/mol. The standard InChI is InChI=1S/C16H14BrFOS/c1-11-6-7-13(18)8-12(11)9-14(19)10-20-16-5-3-2-4-15(16)17/h2-8H,9-10H2,1H3. The Labute approximate surface area is 130 Å². The van der Waals surface area contributed by atoms with Gasteiger partial charge >= 0.3 is 0 Å². The molecule has 0 saturated heterocycles. The third kappa shape index (κ3) is 4.18. The molecule has 4 heteroatoms. The zero-order valence-electron chi connectivity index (χ0n) is 11.0. The van der Waals surface area contributed by atoms with Crippen molar-refractivity contribution >= 4 is 33.5 Å². The zero-order chi connectivity index (χ0) is 14.5. The van der Waals surface area contributed by atoms with E-state index < -0.39 is 0 Å². The van der Waals surface area contributed by atoms with Gasteiger partial charge in [-0.15, -0.1) is 11.8 Å². The van der Waals surface area contributed by atoms with Gasteiger partial charge in [0.25, 0.3) is 0 Å². The molecular formula is C16H14BrFOS. The van der Waals surface area contributed by atoms with Crippen molar-refractivity contribution in [2.24, 2.45) is 0 Å². The first-order valence-electron chi connectivity index (χ1n) is 6.20. The quantitative estimate of drug-likeness (QED) is 0.719. The number of Topliss-reactive ketones (excluding diaryl/α,β-unsaturated/α-hetero) is 1. The first-order chi connectivity index (χ1) is 9.56. The molecule has 0 spiro atoms. The van der Waals surface area contributed by atoms with Crippen molar-refractivity contribution < 1.29 is 9.18 Å². The topological polar surface area (TPSA) is 17.1 Å². The van der Waals surface area contributed by atoms with E-state index in [1.807, 2.05) is 31.2 Å². The summed E-state index contributed by atoms with van der Waals surface area (Å²) in [6, 6.07) is 12.4. The molecule has 0 unspecified atom stereocenters. The van der Waals surface area contributed by atoms with Gasteiger partial charge in [0, 0.05) is 15.8 Å². The molecule has 2 aromatic rings. The van der Waals surface area contributed by atoms with Gasteiger partial charge in [-0.25, -0.2) is 4.39 Å². The lowest BCUT2D eigenvalue weighted by Gasteiger charge is -2.06. The summed E-state index contributed by atoms with van der Waals surface area (Å²) in [5.41, 5.74) is 1.72. The molecular weight excluding hydrogens is 339 g/mol. The van der Waals surface area contributed by atoms with Crippen LogP contribution in [0.25, 0.3) is 0 Å². The van der Waals surface area contributed by atoms with Gasteiger partial charge in [0.05, 0.1) is 5.75 Å². The minimum absolute atomic E-state index is 0.0967. The number of benzene rings is 2. The van der Waals surface area contributed by atoms with Crippen LogP contribution in [0.1, 0.15) is 11.1 Å². The van der Waals surface area contributed by atoms with Crippen LogP contribution in [0, 0.1) is 12.7 Å². The maximum Gasteiger partial charge on any atom is 0.147 e. The maximum atomic E-state index is 13.2.